The third-order valence-electron chi connectivity index (χ3n) is 6.52. The van der Waals surface area contributed by atoms with Crippen LogP contribution in [0.3, 0.4) is 0 Å². The molecule has 1 aromatic rings. The van der Waals surface area contributed by atoms with Gasteiger partial charge in [0.2, 0.25) is 5.91 Å². The number of anilines is 1. The van der Waals surface area contributed by atoms with Gasteiger partial charge in [0.05, 0.1) is 43.6 Å². The van der Waals surface area contributed by atoms with Crippen LogP contribution in [0.1, 0.15) is 46.4 Å². The van der Waals surface area contributed by atoms with Gasteiger partial charge in [-0.1, -0.05) is 6.07 Å². The van der Waals surface area contributed by atoms with E-state index in [1.165, 1.54) is 7.05 Å². The Labute approximate surface area is 230 Å². The second kappa shape index (κ2) is 15.7. The van der Waals surface area contributed by atoms with E-state index < -0.39 is 29.0 Å². The smallest absolute Gasteiger partial charge is 0.264 e. The summed E-state index contributed by atoms with van der Waals surface area (Å²) in [6.07, 6.45) is 2.28. The predicted octanol–water partition coefficient (Wildman–Crippen LogP) is -0.587. The molecule has 1 saturated heterocycles. The quantitative estimate of drug-likeness (QED) is 0.109. The summed E-state index contributed by atoms with van der Waals surface area (Å²) < 4.78 is 28.1. The lowest BCUT2D eigenvalue weighted by Gasteiger charge is -2.28. The molecular weight excluding hydrogens is 528 g/mol. The van der Waals surface area contributed by atoms with Crippen LogP contribution >= 0.6 is 0 Å². The molecule has 1 fully saturated rings. The molecule has 5 N–H and O–H groups in total. The Hall–Kier alpha value is -2.75. The van der Waals surface area contributed by atoms with Gasteiger partial charge in [-0.15, -0.1) is 0 Å². The van der Waals surface area contributed by atoms with Gasteiger partial charge in [-0.3, -0.25) is 19.3 Å². The van der Waals surface area contributed by atoms with E-state index in [-0.39, 0.29) is 35.9 Å². The van der Waals surface area contributed by atoms with E-state index in [4.69, 9.17) is 15.2 Å². The van der Waals surface area contributed by atoms with Crippen molar-refractivity contribution in [3.8, 4) is 0 Å². The minimum absolute atomic E-state index is 0.0175. The molecule has 2 heterocycles. The van der Waals surface area contributed by atoms with Gasteiger partial charge in [-0.2, -0.15) is 0 Å². The molecule has 0 saturated carbocycles. The van der Waals surface area contributed by atoms with E-state index >= 15 is 0 Å². The highest BCUT2D eigenvalue weighted by molar-refractivity contribution is 7.80. The topological polar surface area (TPSA) is 172 Å². The summed E-state index contributed by atoms with van der Waals surface area (Å²) in [5.74, 6) is -1.41. The summed E-state index contributed by atoms with van der Waals surface area (Å²) in [6.45, 7) is 3.74. The van der Waals surface area contributed by atoms with Gasteiger partial charge in [0, 0.05) is 51.4 Å². The standard InChI is InChI=1S/C25H38N6O7S/c1-27-22(33)6-5-19(17-32)31-24(34)20-3-2-4-21(23(20)25(31)35)28-9-13-37-15-16-38-14-10-29-39(36)30-11-7-18(26)8-12-30/h2-4,17-19,28-29H,5-16,26H2,1H3,(H,27,33). The van der Waals surface area contributed by atoms with E-state index in [1.54, 1.807) is 18.2 Å². The van der Waals surface area contributed by atoms with Gasteiger partial charge >= 0.3 is 0 Å². The zero-order valence-electron chi connectivity index (χ0n) is 22.2. The second-order valence-electron chi connectivity index (χ2n) is 9.19. The Balaban J connectivity index is 1.34. The minimum Gasteiger partial charge on any atom is -0.382 e. The van der Waals surface area contributed by atoms with Gasteiger partial charge in [-0.25, -0.2) is 13.2 Å². The number of nitrogens with two attached hydrogens (primary N) is 1. The van der Waals surface area contributed by atoms with Crippen molar-refractivity contribution in [3.05, 3.63) is 29.3 Å². The van der Waals surface area contributed by atoms with Gasteiger partial charge in [0.1, 0.15) is 6.29 Å². The molecule has 14 heteroatoms. The summed E-state index contributed by atoms with van der Waals surface area (Å²) in [5, 5.41) is 5.57. The highest BCUT2D eigenvalue weighted by Gasteiger charge is 2.41. The normalized spacial score (nSPS) is 17.6. The summed E-state index contributed by atoms with van der Waals surface area (Å²) in [4.78, 5) is 50.1. The number of rotatable bonds is 17. The molecule has 3 rings (SSSR count). The molecule has 0 bridgehead atoms. The Morgan fingerprint density at radius 3 is 2.49 bits per heavy atom. The molecule has 0 spiro atoms. The lowest BCUT2D eigenvalue weighted by atomic mass is 10.1. The molecular formula is C25H38N6O7S. The number of ether oxygens (including phenoxy) is 2. The number of carbonyl (C=O) groups excluding carboxylic acids is 4. The third kappa shape index (κ3) is 8.62. The number of benzene rings is 1. The number of piperidine rings is 1. The maximum atomic E-state index is 13.1. The van der Waals surface area contributed by atoms with Crippen LogP contribution in [0.2, 0.25) is 0 Å². The Morgan fingerprint density at radius 1 is 1.13 bits per heavy atom. The number of hydrogen-bond acceptors (Lipinski definition) is 9. The third-order valence-corrected chi connectivity index (χ3v) is 7.81. The molecule has 2 unspecified atom stereocenters. The minimum atomic E-state index is -1.24. The average Bonchev–Trinajstić information content (AvgIpc) is 3.20. The Morgan fingerprint density at radius 2 is 1.82 bits per heavy atom. The zero-order valence-corrected chi connectivity index (χ0v) is 23.0. The zero-order chi connectivity index (χ0) is 28.2. The van der Waals surface area contributed by atoms with Gasteiger partial charge < -0.3 is 30.6 Å². The SMILES string of the molecule is CNC(=O)CCC(C=O)N1C(=O)c2cccc(NCCOCCOCCNS(=O)N3CCC(N)CC3)c2C1=O. The van der Waals surface area contributed by atoms with Crippen molar-refractivity contribution in [3.63, 3.8) is 0 Å². The number of amides is 3. The molecule has 13 nitrogen and oxygen atoms in total. The maximum Gasteiger partial charge on any atom is 0.264 e. The van der Waals surface area contributed by atoms with Crippen LogP contribution < -0.4 is 21.1 Å². The second-order valence-corrected chi connectivity index (χ2v) is 10.5. The van der Waals surface area contributed by atoms with E-state index in [0.29, 0.717) is 51.5 Å². The van der Waals surface area contributed by atoms with E-state index in [0.717, 1.165) is 30.8 Å². The predicted molar refractivity (Wildman–Crippen MR) is 145 cm³/mol. The molecule has 2 atom stereocenters. The lowest BCUT2D eigenvalue weighted by molar-refractivity contribution is -0.121. The highest BCUT2D eigenvalue weighted by Crippen LogP contribution is 2.31. The molecule has 0 aliphatic carbocycles. The van der Waals surface area contributed by atoms with Crippen molar-refractivity contribution >= 4 is 40.9 Å². The maximum absolute atomic E-state index is 13.1. The first kappa shape index (κ1) is 30.8. The summed E-state index contributed by atoms with van der Waals surface area (Å²) >= 11 is -1.24. The fourth-order valence-corrected chi connectivity index (χ4v) is 5.31. The van der Waals surface area contributed by atoms with Crippen LogP contribution in [-0.4, -0.2) is 109 Å². The van der Waals surface area contributed by atoms with Crippen molar-refractivity contribution in [2.24, 2.45) is 5.73 Å². The summed E-state index contributed by atoms with van der Waals surface area (Å²) in [6, 6.07) is 4.06. The molecule has 2 aliphatic rings. The van der Waals surface area contributed by atoms with Gasteiger partial charge in [0.25, 0.3) is 11.8 Å². The van der Waals surface area contributed by atoms with Gasteiger partial charge in [0.15, 0.2) is 11.2 Å². The lowest BCUT2D eigenvalue weighted by Crippen LogP contribution is -2.44. The molecule has 0 aromatic heterocycles. The van der Waals surface area contributed by atoms with Crippen LogP contribution in [0.5, 0.6) is 0 Å². The van der Waals surface area contributed by atoms with E-state index in [9.17, 15) is 23.4 Å². The van der Waals surface area contributed by atoms with Crippen LogP contribution in [0.25, 0.3) is 0 Å². The highest BCUT2D eigenvalue weighted by atomic mass is 32.2. The first-order chi connectivity index (χ1) is 18.9. The fourth-order valence-electron chi connectivity index (χ4n) is 4.33. The van der Waals surface area contributed by atoms with Gasteiger partial charge in [-0.05, 0) is 31.4 Å². The fraction of sp³-hybridized carbons (Fsp3) is 0.600. The molecule has 216 valence electrons. The van der Waals surface area contributed by atoms with Crippen LogP contribution in [0, 0.1) is 0 Å². The summed E-state index contributed by atoms with van der Waals surface area (Å²) in [7, 11) is 1.48. The number of nitrogens with zero attached hydrogens (tertiary/aromatic N) is 2. The molecule has 0 radical (unpaired) electrons. The van der Waals surface area contributed by atoms with Crippen molar-refractivity contribution in [1.29, 1.82) is 0 Å². The van der Waals surface area contributed by atoms with Crippen molar-refractivity contribution in [2.75, 3.05) is 65.0 Å². The molecule has 39 heavy (non-hydrogen) atoms. The average molecular weight is 567 g/mol. The van der Waals surface area contributed by atoms with Crippen LogP contribution in [-0.2, 0) is 30.2 Å². The molecule has 2 aliphatic heterocycles. The number of aldehydes is 1. The Bertz CT molecular complexity index is 1030. The first-order valence-corrected chi connectivity index (χ1v) is 14.2. The molecule has 3 amide bonds. The molecule has 1 aromatic carbocycles. The monoisotopic (exact) mass is 566 g/mol. The number of carbonyl (C=O) groups is 4. The first-order valence-electron chi connectivity index (χ1n) is 13.1. The largest absolute Gasteiger partial charge is 0.382 e. The number of fused-ring (bicyclic) bond motifs is 1. The summed E-state index contributed by atoms with van der Waals surface area (Å²) in [5.41, 5.74) is 6.75. The number of imide groups is 1. The van der Waals surface area contributed by atoms with E-state index in [2.05, 4.69) is 15.4 Å². The Kier molecular flexibility index (Phi) is 12.4. The van der Waals surface area contributed by atoms with Crippen LogP contribution in [0.4, 0.5) is 5.69 Å². The van der Waals surface area contributed by atoms with Crippen molar-refractivity contribution in [2.45, 2.75) is 37.8 Å². The number of nitrogens with one attached hydrogen (secondary N) is 3. The van der Waals surface area contributed by atoms with Crippen molar-refractivity contribution < 1.29 is 32.9 Å². The van der Waals surface area contributed by atoms with Crippen LogP contribution in [0.15, 0.2) is 18.2 Å². The van der Waals surface area contributed by atoms with Crippen molar-refractivity contribution in [1.82, 2.24) is 19.2 Å². The number of hydrogen-bond donors (Lipinski definition) is 4. The van der Waals surface area contributed by atoms with E-state index in [1.807, 2.05) is 4.31 Å².